The Balaban J connectivity index is 4.05. The molecule has 3 atom stereocenters. The first-order valence-corrected chi connectivity index (χ1v) is 39.8. The van der Waals surface area contributed by atoms with Gasteiger partial charge in [-0.1, -0.05) is 356 Å². The summed E-state index contributed by atoms with van der Waals surface area (Å²) in [5.41, 5.74) is 0. The molecule has 0 rings (SSSR count). The number of phosphoric acid groups is 1. The van der Waals surface area contributed by atoms with Crippen LogP contribution >= 0.6 is 7.82 Å². The van der Waals surface area contributed by atoms with Crippen LogP contribution in [0.4, 0.5) is 0 Å². The molecule has 88 heavy (non-hydrogen) atoms. The fourth-order valence-electron chi connectivity index (χ4n) is 11.4. The predicted molar refractivity (Wildman–Crippen MR) is 385 cm³/mol. The third-order valence-electron chi connectivity index (χ3n) is 17.4. The summed E-state index contributed by atoms with van der Waals surface area (Å²) >= 11 is 0. The lowest BCUT2D eigenvalue weighted by molar-refractivity contribution is -0.870. The minimum Gasteiger partial charge on any atom is -0.756 e. The summed E-state index contributed by atoms with van der Waals surface area (Å²) in [7, 11) is 1.24. The van der Waals surface area contributed by atoms with E-state index in [1.165, 1.54) is 295 Å². The molecule has 0 aromatic rings. The van der Waals surface area contributed by atoms with Crippen molar-refractivity contribution >= 4 is 13.7 Å². The van der Waals surface area contributed by atoms with Gasteiger partial charge in [-0.3, -0.25) is 9.36 Å². The molecular weight excluding hydrogens is 1100 g/mol. The first kappa shape index (κ1) is 85.9. The van der Waals surface area contributed by atoms with Gasteiger partial charge >= 0.3 is 0 Å². The second-order valence-corrected chi connectivity index (χ2v) is 28.7. The smallest absolute Gasteiger partial charge is 0.268 e. The highest BCUT2D eigenvalue weighted by molar-refractivity contribution is 7.45. The molecule has 0 saturated carbocycles. The van der Waals surface area contributed by atoms with Gasteiger partial charge < -0.3 is 28.8 Å². The van der Waals surface area contributed by atoms with Crippen LogP contribution in [0.2, 0.25) is 0 Å². The number of amides is 1. The van der Waals surface area contributed by atoms with Gasteiger partial charge in [0.25, 0.3) is 7.82 Å². The molecule has 8 nitrogen and oxygen atoms in total. The lowest BCUT2D eigenvalue weighted by Gasteiger charge is -2.29. The van der Waals surface area contributed by atoms with Crippen LogP contribution in [0.3, 0.4) is 0 Å². The molecular formula is C79H149N2O6P. The molecule has 3 unspecified atom stereocenters. The summed E-state index contributed by atoms with van der Waals surface area (Å²) in [5, 5.41) is 14.0. The van der Waals surface area contributed by atoms with E-state index in [9.17, 15) is 19.4 Å². The van der Waals surface area contributed by atoms with Crippen LogP contribution in [-0.4, -0.2) is 68.5 Å². The summed E-state index contributed by atoms with van der Waals surface area (Å²) in [6.45, 7) is 4.66. The number of unbranched alkanes of at least 4 members (excludes halogenated alkanes) is 48. The Hall–Kier alpha value is -2.06. The number of carbonyl (C=O) groups excluding carboxylic acids is 1. The number of aliphatic hydroxyl groups is 1. The van der Waals surface area contributed by atoms with Crippen LogP contribution in [-0.2, 0) is 18.4 Å². The lowest BCUT2D eigenvalue weighted by atomic mass is 10.0. The third kappa shape index (κ3) is 71.4. The summed E-state index contributed by atoms with van der Waals surface area (Å²) in [5.74, 6) is -0.206. The average molecular weight is 1250 g/mol. The van der Waals surface area contributed by atoms with E-state index in [0.29, 0.717) is 17.4 Å². The van der Waals surface area contributed by atoms with Gasteiger partial charge in [-0.25, -0.2) is 0 Å². The van der Waals surface area contributed by atoms with E-state index >= 15 is 0 Å². The number of hydrogen-bond donors (Lipinski definition) is 2. The number of phosphoric ester groups is 1. The van der Waals surface area contributed by atoms with E-state index in [4.69, 9.17) is 9.05 Å². The van der Waals surface area contributed by atoms with Crippen LogP contribution in [0.1, 0.15) is 373 Å². The standard InChI is InChI=1S/C79H149N2O6P/c1-6-8-10-12-14-16-18-20-22-24-26-28-30-32-34-36-38-39-40-41-43-45-47-49-51-53-55-57-59-61-63-65-67-69-71-73-79(83)80-77(76-87-88(84,85)86-75-74-81(3,4)5)78(82)72-70-68-66-64-62-60-58-56-54-52-50-48-46-44-42-37-35-33-31-29-27-25-23-21-19-17-15-13-11-9-7-2/h18,20,24,26,30,32,54,56,62,64,70,72,77-78,82H,6-17,19,21-23,25,27-29,31,33-53,55,57-61,63,65-69,71,73-76H2,1-5H3,(H-,80,83,84,85)/b20-18-,26-24-,32-30-,56-54+,64-62+,72-70+. The Kier molecular flexibility index (Phi) is 67.7. The normalized spacial score (nSPS) is 13.9. The second-order valence-electron chi connectivity index (χ2n) is 27.3. The number of hydrogen-bond acceptors (Lipinski definition) is 6. The predicted octanol–water partition coefficient (Wildman–Crippen LogP) is 24.3. The SMILES string of the molecule is CCCCCCC/C=C\C/C=C\C/C=C\CCCCCCCCCCCCCCCCCCCCCCC(=O)NC(COP(=O)([O-])OCC[N+](C)(C)C)C(O)/C=C/CC/C=C/CC/C=C/CCCCCCCCCCCCCCCCCCCCCCC. The van der Waals surface area contributed by atoms with Crippen LogP contribution < -0.4 is 10.2 Å². The van der Waals surface area contributed by atoms with Crippen molar-refractivity contribution in [3.63, 3.8) is 0 Å². The largest absolute Gasteiger partial charge is 0.756 e. The van der Waals surface area contributed by atoms with E-state index in [1.54, 1.807) is 6.08 Å². The number of nitrogens with one attached hydrogen (secondary N) is 1. The van der Waals surface area contributed by atoms with Gasteiger partial charge in [0.05, 0.1) is 39.9 Å². The van der Waals surface area contributed by atoms with E-state index in [0.717, 1.165) is 57.8 Å². The highest BCUT2D eigenvalue weighted by Crippen LogP contribution is 2.38. The maximum Gasteiger partial charge on any atom is 0.268 e. The molecule has 9 heteroatoms. The Morgan fingerprint density at radius 3 is 1.00 bits per heavy atom. The van der Waals surface area contributed by atoms with Gasteiger partial charge in [0, 0.05) is 6.42 Å². The maximum atomic E-state index is 13.1. The van der Waals surface area contributed by atoms with Gasteiger partial charge in [0.2, 0.25) is 5.91 Å². The van der Waals surface area contributed by atoms with Crippen molar-refractivity contribution < 1.29 is 32.9 Å². The Labute approximate surface area is 548 Å². The number of nitrogens with zero attached hydrogens (tertiary/aromatic N) is 1. The molecule has 0 aliphatic rings. The second kappa shape index (κ2) is 69.3. The number of aliphatic hydroxyl groups excluding tert-OH is 1. The topological polar surface area (TPSA) is 108 Å². The van der Waals surface area contributed by atoms with Crippen molar-refractivity contribution in [2.75, 3.05) is 40.9 Å². The molecule has 0 radical (unpaired) electrons. The van der Waals surface area contributed by atoms with Gasteiger partial charge in [0.15, 0.2) is 0 Å². The van der Waals surface area contributed by atoms with Gasteiger partial charge in [-0.15, -0.1) is 0 Å². The van der Waals surface area contributed by atoms with Crippen LogP contribution in [0.5, 0.6) is 0 Å². The molecule has 1 amide bonds. The summed E-state index contributed by atoms with van der Waals surface area (Å²) in [6.07, 6.45) is 97.8. The fraction of sp³-hybridized carbons (Fsp3) is 0.835. The fourth-order valence-corrected chi connectivity index (χ4v) is 12.2. The van der Waals surface area contributed by atoms with Crippen LogP contribution in [0.15, 0.2) is 72.9 Å². The van der Waals surface area contributed by atoms with E-state index in [1.807, 2.05) is 27.2 Å². The van der Waals surface area contributed by atoms with Crippen molar-refractivity contribution in [3.05, 3.63) is 72.9 Å². The van der Waals surface area contributed by atoms with E-state index in [2.05, 4.69) is 79.9 Å². The first-order valence-electron chi connectivity index (χ1n) is 38.3. The number of allylic oxidation sites excluding steroid dienone is 11. The van der Waals surface area contributed by atoms with Crippen LogP contribution in [0.25, 0.3) is 0 Å². The third-order valence-corrected chi connectivity index (χ3v) is 18.3. The zero-order chi connectivity index (χ0) is 64.1. The number of carbonyl (C=O) groups is 1. The molecule has 0 saturated heterocycles. The molecule has 0 bridgehead atoms. The van der Waals surface area contributed by atoms with Crippen molar-refractivity contribution in [1.82, 2.24) is 5.32 Å². The zero-order valence-electron chi connectivity index (χ0n) is 59.2. The molecule has 0 aliphatic heterocycles. The first-order chi connectivity index (χ1) is 43.0. The minimum atomic E-state index is -4.62. The van der Waals surface area contributed by atoms with Gasteiger partial charge in [-0.05, 0) is 83.5 Å². The average Bonchev–Trinajstić information content (AvgIpc) is 3.64. The van der Waals surface area contributed by atoms with E-state index < -0.39 is 26.6 Å². The minimum absolute atomic E-state index is 0.00950. The van der Waals surface area contributed by atoms with Crippen molar-refractivity contribution in [3.8, 4) is 0 Å². The number of likely N-dealkylation sites (N-methyl/N-ethyl adjacent to an activating group) is 1. The van der Waals surface area contributed by atoms with Gasteiger partial charge in [0.1, 0.15) is 13.2 Å². The molecule has 0 aliphatic carbocycles. The molecule has 0 aromatic carbocycles. The highest BCUT2D eigenvalue weighted by atomic mass is 31.2. The summed E-state index contributed by atoms with van der Waals surface area (Å²) < 4.78 is 23.5. The quantitative estimate of drug-likeness (QED) is 0.0272. The zero-order valence-corrected chi connectivity index (χ0v) is 60.1. The molecule has 516 valence electrons. The number of quaternary nitrogens is 1. The Morgan fingerprint density at radius 2 is 0.670 bits per heavy atom. The molecule has 0 heterocycles. The summed E-state index contributed by atoms with van der Waals surface area (Å²) in [4.78, 5) is 25.7. The van der Waals surface area contributed by atoms with Gasteiger partial charge in [-0.2, -0.15) is 0 Å². The Morgan fingerprint density at radius 1 is 0.398 bits per heavy atom. The molecule has 0 aromatic heterocycles. The van der Waals surface area contributed by atoms with Crippen molar-refractivity contribution in [1.29, 1.82) is 0 Å². The molecule has 2 N–H and O–H groups in total. The van der Waals surface area contributed by atoms with Crippen molar-refractivity contribution in [2.24, 2.45) is 0 Å². The number of rotatable bonds is 71. The molecule has 0 spiro atoms. The van der Waals surface area contributed by atoms with E-state index in [-0.39, 0.29) is 12.5 Å². The van der Waals surface area contributed by atoms with Crippen molar-refractivity contribution in [2.45, 2.75) is 386 Å². The molecule has 0 fully saturated rings. The van der Waals surface area contributed by atoms with Crippen LogP contribution in [0, 0.1) is 0 Å². The maximum absolute atomic E-state index is 13.1. The monoisotopic (exact) mass is 1250 g/mol. The highest BCUT2D eigenvalue weighted by Gasteiger charge is 2.23. The summed E-state index contributed by atoms with van der Waals surface area (Å²) in [6, 6.07) is -0.914. The lowest BCUT2D eigenvalue weighted by Crippen LogP contribution is -2.45. The Bertz CT molecular complexity index is 1670.